The summed E-state index contributed by atoms with van der Waals surface area (Å²) in [7, 11) is 0. The number of unbranched alkanes of at least 4 members (excludes halogenated alkanes) is 28. The first-order valence-electron chi connectivity index (χ1n) is 16.8. The van der Waals surface area contributed by atoms with Gasteiger partial charge in [-0.3, -0.25) is 0 Å². The Labute approximate surface area is 224 Å². The maximum absolute atomic E-state index is 3.43. The quantitative estimate of drug-likeness (QED) is 0.0696. The van der Waals surface area contributed by atoms with Gasteiger partial charge in [0.15, 0.2) is 0 Å². The average molecular weight is 489 g/mol. The first-order valence-corrected chi connectivity index (χ1v) is 16.8. The molecule has 0 unspecified atom stereocenters. The van der Waals surface area contributed by atoms with E-state index in [-0.39, 0.29) is 0 Å². The molecule has 0 aliphatic carbocycles. The summed E-state index contributed by atoms with van der Waals surface area (Å²) in [4.78, 5) is 0. The average Bonchev–Trinajstić information content (AvgIpc) is 2.87. The molecule has 0 radical (unpaired) electrons. The minimum atomic E-state index is 1.23. The maximum atomic E-state index is 3.43. The fourth-order valence-electron chi connectivity index (χ4n) is 5.13. The van der Waals surface area contributed by atoms with Gasteiger partial charge >= 0.3 is 0 Å². The first kappa shape index (κ1) is 34.5. The minimum Gasteiger partial charge on any atom is -0.130 e. The van der Waals surface area contributed by atoms with E-state index in [0.29, 0.717) is 0 Å². The van der Waals surface area contributed by atoms with Crippen molar-refractivity contribution in [1.29, 1.82) is 0 Å². The van der Waals surface area contributed by atoms with Crippen molar-refractivity contribution < 1.29 is 0 Å². The number of hydrogen-bond donors (Lipinski definition) is 0. The summed E-state index contributed by atoms with van der Waals surface area (Å²) < 4.78 is 0. The Hall–Kier alpha value is -0.480. The van der Waals surface area contributed by atoms with Crippen molar-refractivity contribution in [2.24, 2.45) is 0 Å². The predicted octanol–water partition coefficient (Wildman–Crippen LogP) is 13.4. The van der Waals surface area contributed by atoms with Crippen molar-refractivity contribution in [3.63, 3.8) is 0 Å². The van der Waals surface area contributed by atoms with Gasteiger partial charge < -0.3 is 0 Å². The highest BCUT2D eigenvalue weighted by Gasteiger charge is 1.95. The SMILES string of the molecule is CCCCCCCCCCCCCCCC=C=CCCCCCCCCCCCCCCCCC. The third-order valence-electron chi connectivity index (χ3n) is 7.64. The Balaban J connectivity index is 3.14. The van der Waals surface area contributed by atoms with Crippen LogP contribution in [0, 0.1) is 0 Å². The van der Waals surface area contributed by atoms with Crippen LogP contribution in [-0.4, -0.2) is 0 Å². The summed E-state index contributed by atoms with van der Waals surface area (Å²) >= 11 is 0. The van der Waals surface area contributed by atoms with Gasteiger partial charge in [-0.25, -0.2) is 0 Å². The Morgan fingerprint density at radius 1 is 0.286 bits per heavy atom. The van der Waals surface area contributed by atoms with Gasteiger partial charge in [-0.1, -0.05) is 181 Å². The second-order valence-electron chi connectivity index (χ2n) is 11.3. The number of hydrogen-bond acceptors (Lipinski definition) is 0. The number of rotatable bonds is 30. The van der Waals surface area contributed by atoms with Crippen LogP contribution >= 0.6 is 0 Å². The van der Waals surface area contributed by atoms with Crippen molar-refractivity contribution in [3.8, 4) is 0 Å². The molecule has 0 N–H and O–H groups in total. The van der Waals surface area contributed by atoms with Gasteiger partial charge in [0.05, 0.1) is 0 Å². The van der Waals surface area contributed by atoms with E-state index in [9.17, 15) is 0 Å². The smallest absolute Gasteiger partial charge is 0.0274 e. The van der Waals surface area contributed by atoms with Gasteiger partial charge in [0.1, 0.15) is 0 Å². The lowest BCUT2D eigenvalue weighted by atomic mass is 10.0. The molecule has 0 amide bonds. The molecule has 0 atom stereocenters. The van der Waals surface area contributed by atoms with Crippen molar-refractivity contribution in [3.05, 3.63) is 17.9 Å². The molecule has 208 valence electrons. The van der Waals surface area contributed by atoms with E-state index in [0.717, 1.165) is 0 Å². The molecule has 0 heterocycles. The van der Waals surface area contributed by atoms with Crippen molar-refractivity contribution >= 4 is 0 Å². The summed E-state index contributed by atoms with van der Waals surface area (Å²) in [5, 5.41) is 0. The third-order valence-corrected chi connectivity index (χ3v) is 7.64. The van der Waals surface area contributed by atoms with Crippen molar-refractivity contribution in [2.75, 3.05) is 0 Å². The molecule has 0 fully saturated rings. The maximum Gasteiger partial charge on any atom is -0.0274 e. The van der Waals surface area contributed by atoms with Crippen LogP contribution in [0.5, 0.6) is 0 Å². The Bertz CT molecular complexity index is 414. The molecule has 0 aromatic carbocycles. The molecule has 0 bridgehead atoms. The lowest BCUT2D eigenvalue weighted by molar-refractivity contribution is 0.533. The molecule has 35 heavy (non-hydrogen) atoms. The van der Waals surface area contributed by atoms with Gasteiger partial charge in [0.25, 0.3) is 0 Å². The lowest BCUT2D eigenvalue weighted by Crippen LogP contribution is -1.83. The van der Waals surface area contributed by atoms with Crippen LogP contribution in [0.15, 0.2) is 17.9 Å². The van der Waals surface area contributed by atoms with Gasteiger partial charge in [0, 0.05) is 0 Å². The van der Waals surface area contributed by atoms with Crippen LogP contribution in [0.3, 0.4) is 0 Å². The van der Waals surface area contributed by atoms with Crippen molar-refractivity contribution in [1.82, 2.24) is 0 Å². The lowest BCUT2D eigenvalue weighted by Gasteiger charge is -2.03. The Kier molecular flexibility index (Phi) is 33.1. The second kappa shape index (κ2) is 33.5. The molecule has 0 saturated heterocycles. The fourth-order valence-corrected chi connectivity index (χ4v) is 5.13. The molecule has 0 nitrogen and oxygen atoms in total. The van der Waals surface area contributed by atoms with E-state index in [1.54, 1.807) is 0 Å². The standard InChI is InChI=1S/C35H68/c1-3-5-7-9-11-13-15-17-19-21-23-25-27-29-31-33-35-34-32-30-28-26-24-22-20-18-16-14-12-10-8-6-4-2/h31,35H,3-30,32,34H2,1-2H3. The van der Waals surface area contributed by atoms with Crippen LogP contribution in [0.4, 0.5) is 0 Å². The van der Waals surface area contributed by atoms with E-state index in [2.05, 4.69) is 31.7 Å². The topological polar surface area (TPSA) is 0 Å². The van der Waals surface area contributed by atoms with E-state index in [1.807, 2.05) is 0 Å². The highest BCUT2D eigenvalue weighted by molar-refractivity contribution is 4.84. The van der Waals surface area contributed by atoms with E-state index in [4.69, 9.17) is 0 Å². The zero-order valence-corrected chi connectivity index (χ0v) is 24.9. The highest BCUT2D eigenvalue weighted by atomic mass is 14.0. The summed E-state index contributed by atoms with van der Waals surface area (Å²) in [5.41, 5.74) is 3.43. The zero-order valence-electron chi connectivity index (χ0n) is 24.9. The molecule has 0 heteroatoms. The summed E-state index contributed by atoms with van der Waals surface area (Å²) in [6.45, 7) is 4.60. The van der Waals surface area contributed by atoms with Crippen LogP contribution in [0.25, 0.3) is 0 Å². The third kappa shape index (κ3) is 33.5. The van der Waals surface area contributed by atoms with E-state index in [1.165, 1.54) is 193 Å². The molecule has 0 aromatic heterocycles. The summed E-state index contributed by atoms with van der Waals surface area (Å²) in [6.07, 6.45) is 47.5. The van der Waals surface area contributed by atoms with Crippen molar-refractivity contribution in [2.45, 2.75) is 206 Å². The first-order chi connectivity index (χ1) is 17.4. The Morgan fingerprint density at radius 2 is 0.486 bits per heavy atom. The molecular weight excluding hydrogens is 420 g/mol. The Morgan fingerprint density at radius 3 is 0.714 bits per heavy atom. The molecule has 0 saturated carbocycles. The zero-order chi connectivity index (χ0) is 25.3. The predicted molar refractivity (Wildman–Crippen MR) is 163 cm³/mol. The largest absolute Gasteiger partial charge is 0.130 e. The molecular formula is C35H68. The molecule has 0 aliphatic heterocycles. The van der Waals surface area contributed by atoms with Gasteiger partial charge in [-0.15, -0.1) is 5.73 Å². The summed E-state index contributed by atoms with van der Waals surface area (Å²) in [5.74, 6) is 0. The fraction of sp³-hybridized carbons (Fsp3) is 0.914. The minimum absolute atomic E-state index is 1.23. The number of allylic oxidation sites excluding steroid dienone is 1. The highest BCUT2D eigenvalue weighted by Crippen LogP contribution is 2.15. The second-order valence-corrected chi connectivity index (χ2v) is 11.3. The van der Waals surface area contributed by atoms with E-state index < -0.39 is 0 Å². The molecule has 0 aliphatic rings. The van der Waals surface area contributed by atoms with Crippen LogP contribution < -0.4 is 0 Å². The van der Waals surface area contributed by atoms with E-state index >= 15 is 0 Å². The van der Waals surface area contributed by atoms with Gasteiger partial charge in [-0.2, -0.15) is 0 Å². The monoisotopic (exact) mass is 489 g/mol. The van der Waals surface area contributed by atoms with Gasteiger partial charge in [-0.05, 0) is 37.8 Å². The normalized spacial score (nSPS) is 11.0. The molecule has 0 rings (SSSR count). The molecule has 0 aromatic rings. The van der Waals surface area contributed by atoms with Crippen LogP contribution in [0.1, 0.15) is 206 Å². The molecule has 0 spiro atoms. The van der Waals surface area contributed by atoms with Crippen LogP contribution in [0.2, 0.25) is 0 Å². The van der Waals surface area contributed by atoms with Gasteiger partial charge in [0.2, 0.25) is 0 Å². The van der Waals surface area contributed by atoms with Crippen LogP contribution in [-0.2, 0) is 0 Å². The summed E-state index contributed by atoms with van der Waals surface area (Å²) in [6, 6.07) is 0.